The van der Waals surface area contributed by atoms with Crippen LogP contribution in [0.1, 0.15) is 25.1 Å². The van der Waals surface area contributed by atoms with Gasteiger partial charge in [0, 0.05) is 28.3 Å². The van der Waals surface area contributed by atoms with Gasteiger partial charge in [-0.3, -0.25) is 4.31 Å². The quantitative estimate of drug-likeness (QED) is 0.607. The highest BCUT2D eigenvalue weighted by Gasteiger charge is 2.33. The number of rotatable bonds is 4. The highest BCUT2D eigenvalue weighted by Crippen LogP contribution is 2.41. The number of hydrogen-bond donors (Lipinski definition) is 0. The van der Waals surface area contributed by atoms with Gasteiger partial charge >= 0.3 is 0 Å². The average molecular weight is 415 g/mol. The molecule has 0 saturated carbocycles. The molecule has 0 bridgehead atoms. The smallest absolute Gasteiger partial charge is 0.264 e. The summed E-state index contributed by atoms with van der Waals surface area (Å²) in [6, 6.07) is 15.0. The standard InChI is InChI=1S/C21H22N2O3S2/c1-4-16-9-10-17(19-11-14(2)22-26-19)12-21(16)28(24,25)23-13-15(3)27-20-8-6-5-7-18(20)23/h5-12,15H,4,13H2,1-3H3. The minimum Gasteiger partial charge on any atom is -0.356 e. The van der Waals surface area contributed by atoms with Gasteiger partial charge in [-0.2, -0.15) is 0 Å². The molecule has 1 aromatic heterocycles. The lowest BCUT2D eigenvalue weighted by Crippen LogP contribution is -2.38. The highest BCUT2D eigenvalue weighted by molar-refractivity contribution is 8.00. The normalized spacial score (nSPS) is 16.8. The number of hydrogen-bond acceptors (Lipinski definition) is 5. The molecule has 0 N–H and O–H groups in total. The maximum absolute atomic E-state index is 13.7. The molecule has 0 amide bonds. The summed E-state index contributed by atoms with van der Waals surface area (Å²) in [5, 5.41) is 4.10. The van der Waals surface area contributed by atoms with Crippen molar-refractivity contribution in [2.24, 2.45) is 0 Å². The summed E-state index contributed by atoms with van der Waals surface area (Å²) < 4.78 is 34.4. The molecule has 5 nitrogen and oxygen atoms in total. The van der Waals surface area contributed by atoms with Gasteiger partial charge in [0.15, 0.2) is 5.76 Å². The zero-order chi connectivity index (χ0) is 19.9. The van der Waals surface area contributed by atoms with Crippen molar-refractivity contribution in [1.82, 2.24) is 5.16 Å². The van der Waals surface area contributed by atoms with E-state index in [2.05, 4.69) is 12.1 Å². The molecule has 0 saturated heterocycles. The molecule has 1 atom stereocenters. The third kappa shape index (κ3) is 3.33. The zero-order valence-electron chi connectivity index (χ0n) is 16.0. The molecule has 1 aliphatic rings. The van der Waals surface area contributed by atoms with Crippen molar-refractivity contribution in [3.05, 3.63) is 59.8 Å². The van der Waals surface area contributed by atoms with Gasteiger partial charge in [-0.15, -0.1) is 11.8 Å². The van der Waals surface area contributed by atoms with E-state index in [0.29, 0.717) is 29.2 Å². The van der Waals surface area contributed by atoms with Gasteiger partial charge in [-0.1, -0.05) is 43.3 Å². The van der Waals surface area contributed by atoms with Crippen LogP contribution < -0.4 is 4.31 Å². The number of para-hydroxylation sites is 1. The summed E-state index contributed by atoms with van der Waals surface area (Å²) in [5.74, 6) is 0.569. The maximum atomic E-state index is 13.7. The topological polar surface area (TPSA) is 63.4 Å². The van der Waals surface area contributed by atoms with Crippen molar-refractivity contribution in [2.75, 3.05) is 10.8 Å². The molecule has 4 rings (SSSR count). The SMILES string of the molecule is CCc1ccc(-c2cc(C)no2)cc1S(=O)(=O)N1CC(C)Sc2ccccc21. The summed E-state index contributed by atoms with van der Waals surface area (Å²) in [4.78, 5) is 1.32. The van der Waals surface area contributed by atoms with Crippen LogP contribution in [-0.4, -0.2) is 25.4 Å². The zero-order valence-corrected chi connectivity index (χ0v) is 17.7. The molecule has 2 aromatic carbocycles. The predicted molar refractivity (Wildman–Crippen MR) is 112 cm³/mol. The lowest BCUT2D eigenvalue weighted by Gasteiger charge is -2.33. The Morgan fingerprint density at radius 1 is 1.21 bits per heavy atom. The first-order valence-electron chi connectivity index (χ1n) is 9.25. The molecule has 28 heavy (non-hydrogen) atoms. The number of benzene rings is 2. The Morgan fingerprint density at radius 3 is 2.71 bits per heavy atom. The van der Waals surface area contributed by atoms with E-state index in [0.717, 1.165) is 21.8 Å². The van der Waals surface area contributed by atoms with Crippen LogP contribution >= 0.6 is 11.8 Å². The second-order valence-electron chi connectivity index (χ2n) is 6.94. The van der Waals surface area contributed by atoms with Crippen LogP contribution in [0, 0.1) is 6.92 Å². The minimum atomic E-state index is -3.72. The first-order chi connectivity index (χ1) is 13.4. The molecule has 1 aliphatic heterocycles. The van der Waals surface area contributed by atoms with Crippen LogP contribution in [0.15, 0.2) is 62.8 Å². The Labute approximate surface area is 169 Å². The van der Waals surface area contributed by atoms with Gasteiger partial charge in [0.25, 0.3) is 10.0 Å². The Morgan fingerprint density at radius 2 is 2.00 bits per heavy atom. The first-order valence-corrected chi connectivity index (χ1v) is 11.6. The van der Waals surface area contributed by atoms with E-state index in [1.54, 1.807) is 22.1 Å². The Balaban J connectivity index is 1.85. The van der Waals surface area contributed by atoms with Crippen molar-refractivity contribution in [3.63, 3.8) is 0 Å². The number of aryl methyl sites for hydroxylation is 2. The van der Waals surface area contributed by atoms with Crippen molar-refractivity contribution >= 4 is 27.5 Å². The van der Waals surface area contributed by atoms with Crippen molar-refractivity contribution < 1.29 is 12.9 Å². The summed E-state index contributed by atoms with van der Waals surface area (Å²) in [5.41, 5.74) is 3.01. The largest absolute Gasteiger partial charge is 0.356 e. The molecular formula is C21H22N2O3S2. The van der Waals surface area contributed by atoms with Crippen LogP contribution in [-0.2, 0) is 16.4 Å². The van der Waals surface area contributed by atoms with Gasteiger partial charge < -0.3 is 4.52 Å². The Kier molecular flexibility index (Phi) is 4.97. The molecule has 2 heterocycles. The van der Waals surface area contributed by atoms with Gasteiger partial charge in [-0.05, 0) is 37.1 Å². The van der Waals surface area contributed by atoms with E-state index >= 15 is 0 Å². The third-order valence-electron chi connectivity index (χ3n) is 4.81. The van der Waals surface area contributed by atoms with Crippen molar-refractivity contribution in [1.29, 1.82) is 0 Å². The summed E-state index contributed by atoms with van der Waals surface area (Å²) in [6.45, 7) is 6.31. The van der Waals surface area contributed by atoms with E-state index in [9.17, 15) is 8.42 Å². The van der Waals surface area contributed by atoms with E-state index in [-0.39, 0.29) is 5.25 Å². The van der Waals surface area contributed by atoms with Crippen molar-refractivity contribution in [2.45, 2.75) is 42.2 Å². The maximum Gasteiger partial charge on any atom is 0.264 e. The fourth-order valence-corrected chi connectivity index (χ4v) is 6.60. The Hall–Kier alpha value is -2.25. The molecule has 146 valence electrons. The fraction of sp³-hybridized carbons (Fsp3) is 0.286. The van der Waals surface area contributed by atoms with Crippen molar-refractivity contribution in [3.8, 4) is 11.3 Å². The average Bonchev–Trinajstić information content (AvgIpc) is 3.13. The van der Waals surface area contributed by atoms with Crippen LogP contribution in [0.5, 0.6) is 0 Å². The number of aromatic nitrogens is 1. The second kappa shape index (κ2) is 7.29. The molecule has 1 unspecified atom stereocenters. The molecule has 0 spiro atoms. The van der Waals surface area contributed by atoms with E-state index in [4.69, 9.17) is 4.52 Å². The third-order valence-corrected chi connectivity index (χ3v) is 7.83. The molecular weight excluding hydrogens is 392 g/mol. The molecule has 0 radical (unpaired) electrons. The number of nitrogens with zero attached hydrogens (tertiary/aromatic N) is 2. The van der Waals surface area contributed by atoms with Gasteiger partial charge in [0.2, 0.25) is 0 Å². The molecule has 3 aromatic rings. The lowest BCUT2D eigenvalue weighted by atomic mass is 10.1. The highest BCUT2D eigenvalue weighted by atomic mass is 32.2. The van der Waals surface area contributed by atoms with Gasteiger partial charge in [0.1, 0.15) is 0 Å². The molecule has 0 aliphatic carbocycles. The van der Waals surface area contributed by atoms with E-state index in [1.165, 1.54) is 0 Å². The fourth-order valence-electron chi connectivity index (χ4n) is 3.43. The van der Waals surface area contributed by atoms with Gasteiger partial charge in [-0.25, -0.2) is 8.42 Å². The van der Waals surface area contributed by atoms with Crippen LogP contribution in [0.4, 0.5) is 5.69 Å². The number of sulfonamides is 1. The van der Waals surface area contributed by atoms with E-state index < -0.39 is 10.0 Å². The van der Waals surface area contributed by atoms with E-state index in [1.807, 2.05) is 56.3 Å². The number of thioether (sulfide) groups is 1. The number of fused-ring (bicyclic) bond motifs is 1. The van der Waals surface area contributed by atoms with Crippen LogP contribution in [0.25, 0.3) is 11.3 Å². The minimum absolute atomic E-state index is 0.176. The molecule has 7 heteroatoms. The Bertz CT molecular complexity index is 1120. The second-order valence-corrected chi connectivity index (χ2v) is 10.3. The number of anilines is 1. The van der Waals surface area contributed by atoms with Crippen LogP contribution in [0.3, 0.4) is 0 Å². The summed E-state index contributed by atoms with van der Waals surface area (Å²) in [6.07, 6.45) is 0.629. The molecule has 0 fully saturated rings. The first kappa shape index (κ1) is 19.1. The lowest BCUT2D eigenvalue weighted by molar-refractivity contribution is 0.427. The summed E-state index contributed by atoms with van der Waals surface area (Å²) in [7, 11) is -3.72. The summed E-state index contributed by atoms with van der Waals surface area (Å²) >= 11 is 1.71. The van der Waals surface area contributed by atoms with Gasteiger partial charge in [0.05, 0.1) is 16.3 Å². The van der Waals surface area contributed by atoms with Crippen LogP contribution in [0.2, 0.25) is 0 Å². The predicted octanol–water partition coefficient (Wildman–Crippen LogP) is 4.90. The monoisotopic (exact) mass is 414 g/mol.